The Morgan fingerprint density at radius 3 is 2.47 bits per heavy atom. The van der Waals surface area contributed by atoms with Crippen molar-refractivity contribution in [3.8, 4) is 11.6 Å². The van der Waals surface area contributed by atoms with Gasteiger partial charge in [0.1, 0.15) is 0 Å². The third-order valence-electron chi connectivity index (χ3n) is 4.54. The molecule has 0 spiro atoms. The summed E-state index contributed by atoms with van der Waals surface area (Å²) in [6.07, 6.45) is -2.93. The van der Waals surface area contributed by atoms with Gasteiger partial charge in [-0.05, 0) is 37.1 Å². The minimum atomic E-state index is -4.40. The zero-order chi connectivity index (χ0) is 23.1. The van der Waals surface area contributed by atoms with Crippen LogP contribution in [-0.2, 0) is 13.1 Å². The number of alkyl halides is 3. The van der Waals surface area contributed by atoms with Gasteiger partial charge in [-0.15, -0.1) is 0 Å². The van der Waals surface area contributed by atoms with Crippen LogP contribution in [0.15, 0.2) is 53.7 Å². The summed E-state index contributed by atoms with van der Waals surface area (Å²) in [7, 11) is 1.66. The Labute approximate surface area is 184 Å². The molecular formula is C22H25F3N6O. The second kappa shape index (κ2) is 10.2. The van der Waals surface area contributed by atoms with E-state index in [1.54, 1.807) is 13.1 Å². The number of nitrogens with one attached hydrogen (secondary N) is 2. The molecule has 32 heavy (non-hydrogen) atoms. The largest absolute Gasteiger partial charge is 0.468 e. The fraction of sp³-hybridized carbons (Fsp3) is 0.318. The highest BCUT2D eigenvalue weighted by atomic mass is 19.4. The highest BCUT2D eigenvalue weighted by Gasteiger charge is 2.28. The summed E-state index contributed by atoms with van der Waals surface area (Å²) in [6, 6.07) is 13.1. The molecule has 3 rings (SSSR count). The van der Waals surface area contributed by atoms with E-state index in [9.17, 15) is 13.2 Å². The summed E-state index contributed by atoms with van der Waals surface area (Å²) in [5.41, 5.74) is 4.81. The minimum absolute atomic E-state index is 0.0747. The van der Waals surface area contributed by atoms with Crippen LogP contribution in [0.4, 0.5) is 13.2 Å². The maximum atomic E-state index is 12.2. The van der Waals surface area contributed by atoms with Gasteiger partial charge in [0.15, 0.2) is 12.6 Å². The van der Waals surface area contributed by atoms with E-state index in [0.29, 0.717) is 19.0 Å². The first kappa shape index (κ1) is 23.1. The maximum Gasteiger partial charge on any atom is 0.422 e. The van der Waals surface area contributed by atoms with Gasteiger partial charge in [0.2, 0.25) is 5.88 Å². The van der Waals surface area contributed by atoms with Crippen LogP contribution < -0.4 is 15.4 Å². The highest BCUT2D eigenvalue weighted by Crippen LogP contribution is 2.18. The lowest BCUT2D eigenvalue weighted by atomic mass is 10.1. The Kier molecular flexibility index (Phi) is 7.34. The number of ether oxygens (including phenoxy) is 1. The van der Waals surface area contributed by atoms with Crippen LogP contribution in [0.2, 0.25) is 0 Å². The molecular weight excluding hydrogens is 421 g/mol. The van der Waals surface area contributed by atoms with Crippen molar-refractivity contribution in [2.45, 2.75) is 33.1 Å². The molecule has 1 aromatic carbocycles. The zero-order valence-corrected chi connectivity index (χ0v) is 18.1. The summed E-state index contributed by atoms with van der Waals surface area (Å²) in [6.45, 7) is 3.52. The second-order valence-electron chi connectivity index (χ2n) is 7.16. The van der Waals surface area contributed by atoms with Crippen LogP contribution in [0.3, 0.4) is 0 Å². The molecule has 0 aliphatic heterocycles. The van der Waals surface area contributed by atoms with Gasteiger partial charge >= 0.3 is 6.18 Å². The highest BCUT2D eigenvalue weighted by molar-refractivity contribution is 5.79. The topological polar surface area (TPSA) is 76.4 Å². The molecule has 0 bridgehead atoms. The van der Waals surface area contributed by atoms with Crippen molar-refractivity contribution in [2.24, 2.45) is 4.99 Å². The number of rotatable bonds is 7. The molecule has 0 aliphatic carbocycles. The minimum Gasteiger partial charge on any atom is -0.468 e. The summed E-state index contributed by atoms with van der Waals surface area (Å²) >= 11 is 0. The van der Waals surface area contributed by atoms with Crippen LogP contribution in [0.1, 0.15) is 22.5 Å². The molecule has 0 saturated heterocycles. The molecule has 2 aromatic heterocycles. The number of hydrogen-bond acceptors (Lipinski definition) is 4. The first-order chi connectivity index (χ1) is 15.2. The predicted octanol–water partition coefficient (Wildman–Crippen LogP) is 3.69. The molecule has 0 radical (unpaired) electrons. The van der Waals surface area contributed by atoms with E-state index in [-0.39, 0.29) is 5.88 Å². The van der Waals surface area contributed by atoms with E-state index in [4.69, 9.17) is 0 Å². The van der Waals surface area contributed by atoms with Gasteiger partial charge in [-0.25, -0.2) is 9.67 Å². The molecule has 0 fully saturated rings. The van der Waals surface area contributed by atoms with Gasteiger partial charge in [-0.2, -0.15) is 18.3 Å². The molecule has 10 heteroatoms. The van der Waals surface area contributed by atoms with Crippen LogP contribution in [0, 0.1) is 13.8 Å². The number of benzene rings is 1. The van der Waals surface area contributed by atoms with Crippen LogP contribution in [0.25, 0.3) is 5.69 Å². The SMILES string of the molecule is CN=C(NCc1ccc(OCC(F)(F)F)nc1)NCc1ccccc1-n1nc(C)cc1C. The van der Waals surface area contributed by atoms with Crippen molar-refractivity contribution >= 4 is 5.96 Å². The Morgan fingerprint density at radius 1 is 1.09 bits per heavy atom. The lowest BCUT2D eigenvalue weighted by Crippen LogP contribution is -2.36. The Morgan fingerprint density at radius 2 is 1.84 bits per heavy atom. The quantitative estimate of drug-likeness (QED) is 0.428. The number of nitrogens with zero attached hydrogens (tertiary/aromatic N) is 4. The van der Waals surface area contributed by atoms with E-state index in [0.717, 1.165) is 28.2 Å². The average molecular weight is 446 g/mol. The van der Waals surface area contributed by atoms with Gasteiger partial charge in [-0.1, -0.05) is 24.3 Å². The van der Waals surface area contributed by atoms with Crippen molar-refractivity contribution in [1.82, 2.24) is 25.4 Å². The monoisotopic (exact) mass is 446 g/mol. The number of para-hydroxylation sites is 1. The Hall–Kier alpha value is -3.56. The van der Waals surface area contributed by atoms with E-state index in [1.807, 2.05) is 48.9 Å². The smallest absolute Gasteiger partial charge is 0.422 e. The number of guanidine groups is 1. The number of aromatic nitrogens is 3. The zero-order valence-electron chi connectivity index (χ0n) is 18.1. The average Bonchev–Trinajstić information content (AvgIpc) is 3.10. The molecule has 0 amide bonds. The normalized spacial score (nSPS) is 12.0. The second-order valence-corrected chi connectivity index (χ2v) is 7.16. The molecule has 2 heterocycles. The van der Waals surface area contributed by atoms with Gasteiger partial charge in [0.25, 0.3) is 0 Å². The summed E-state index contributed by atoms with van der Waals surface area (Å²) < 4.78 is 43.2. The lowest BCUT2D eigenvalue weighted by molar-refractivity contribution is -0.154. The first-order valence-corrected chi connectivity index (χ1v) is 9.96. The van der Waals surface area contributed by atoms with Crippen molar-refractivity contribution in [1.29, 1.82) is 0 Å². The third kappa shape index (κ3) is 6.47. The van der Waals surface area contributed by atoms with E-state index < -0.39 is 12.8 Å². The fourth-order valence-corrected chi connectivity index (χ4v) is 3.08. The maximum absolute atomic E-state index is 12.2. The summed E-state index contributed by atoms with van der Waals surface area (Å²) in [5.74, 6) is 0.500. The number of halogens is 3. The van der Waals surface area contributed by atoms with E-state index in [1.165, 1.54) is 12.3 Å². The van der Waals surface area contributed by atoms with Crippen molar-refractivity contribution in [3.63, 3.8) is 0 Å². The standard InChI is InChI=1S/C22H25F3N6O/c1-15-10-16(2)31(30-15)19-7-5-4-6-18(19)13-29-21(26-3)28-12-17-8-9-20(27-11-17)32-14-22(23,24)25/h4-11H,12-14H2,1-3H3,(H2,26,28,29). The number of aryl methyl sites for hydroxylation is 2. The third-order valence-corrected chi connectivity index (χ3v) is 4.54. The molecule has 0 unspecified atom stereocenters. The molecule has 2 N–H and O–H groups in total. The molecule has 0 atom stereocenters. The Bertz CT molecular complexity index is 1060. The van der Waals surface area contributed by atoms with Crippen molar-refractivity contribution < 1.29 is 17.9 Å². The number of aliphatic imine (C=N–C) groups is 1. The van der Waals surface area contributed by atoms with Crippen LogP contribution in [-0.4, -0.2) is 40.6 Å². The van der Waals surface area contributed by atoms with Gasteiger partial charge in [-0.3, -0.25) is 4.99 Å². The summed E-state index contributed by atoms with van der Waals surface area (Å²) in [5, 5.41) is 11.0. The first-order valence-electron chi connectivity index (χ1n) is 9.96. The van der Waals surface area contributed by atoms with Crippen molar-refractivity contribution in [2.75, 3.05) is 13.7 Å². The van der Waals surface area contributed by atoms with Crippen LogP contribution in [0.5, 0.6) is 5.88 Å². The van der Waals surface area contributed by atoms with Gasteiger partial charge in [0.05, 0.1) is 11.4 Å². The number of pyridine rings is 1. The lowest BCUT2D eigenvalue weighted by Gasteiger charge is -2.15. The number of hydrogen-bond donors (Lipinski definition) is 2. The predicted molar refractivity (Wildman–Crippen MR) is 116 cm³/mol. The summed E-state index contributed by atoms with van der Waals surface area (Å²) in [4.78, 5) is 8.12. The molecule has 7 nitrogen and oxygen atoms in total. The molecule has 3 aromatic rings. The van der Waals surface area contributed by atoms with Gasteiger partial charge < -0.3 is 15.4 Å². The van der Waals surface area contributed by atoms with Crippen LogP contribution >= 0.6 is 0 Å². The van der Waals surface area contributed by atoms with Gasteiger partial charge in [0, 0.05) is 38.1 Å². The molecule has 170 valence electrons. The van der Waals surface area contributed by atoms with Crippen molar-refractivity contribution in [3.05, 3.63) is 71.2 Å². The fourth-order valence-electron chi connectivity index (χ4n) is 3.08. The van der Waals surface area contributed by atoms with E-state index in [2.05, 4.69) is 30.4 Å². The Balaban J connectivity index is 1.57. The van der Waals surface area contributed by atoms with E-state index >= 15 is 0 Å². The molecule has 0 aliphatic rings. The molecule has 0 saturated carbocycles.